The molecule has 1 aromatic rings. The molecule has 1 spiro atoms. The Morgan fingerprint density at radius 1 is 1.21 bits per heavy atom. The van der Waals surface area contributed by atoms with Crippen molar-refractivity contribution in [1.29, 1.82) is 0 Å². The van der Waals surface area contributed by atoms with Crippen molar-refractivity contribution in [3.8, 4) is 5.75 Å². The lowest BCUT2D eigenvalue weighted by molar-refractivity contribution is -0.128. The first kappa shape index (κ1) is 20.5. The van der Waals surface area contributed by atoms with Crippen LogP contribution < -0.4 is 10.1 Å². The fourth-order valence-electron chi connectivity index (χ4n) is 4.50. The van der Waals surface area contributed by atoms with Gasteiger partial charge in [0.15, 0.2) is 0 Å². The molecule has 7 heteroatoms. The van der Waals surface area contributed by atoms with Gasteiger partial charge in [0, 0.05) is 52.7 Å². The molecule has 1 aromatic carbocycles. The minimum absolute atomic E-state index is 0.0395. The number of nitrogens with zero attached hydrogens (tertiary/aromatic N) is 2. The van der Waals surface area contributed by atoms with E-state index in [1.807, 2.05) is 34.1 Å². The van der Waals surface area contributed by atoms with Crippen LogP contribution in [0.4, 0.5) is 4.79 Å². The normalized spacial score (nSPS) is 21.0. The number of benzene rings is 1. The van der Waals surface area contributed by atoms with Gasteiger partial charge in [-0.05, 0) is 36.0 Å². The van der Waals surface area contributed by atoms with E-state index in [-0.39, 0.29) is 17.4 Å². The molecule has 154 valence electrons. The summed E-state index contributed by atoms with van der Waals surface area (Å²) in [5.41, 5.74) is 1.07. The molecule has 2 saturated heterocycles. The van der Waals surface area contributed by atoms with Gasteiger partial charge in [0.05, 0.1) is 13.7 Å². The SMILES string of the molecule is COCC1CN(C(C)=O)CC12CCN(C(=O)NCc1cccc(OC)c1)CC2. The number of rotatable bonds is 5. The van der Waals surface area contributed by atoms with Crippen LogP contribution in [0.5, 0.6) is 5.75 Å². The number of hydrogen-bond donors (Lipinski definition) is 1. The molecular formula is C21H31N3O4. The van der Waals surface area contributed by atoms with Crippen molar-refractivity contribution in [2.45, 2.75) is 26.3 Å². The Bertz CT molecular complexity index is 701. The number of urea groups is 1. The van der Waals surface area contributed by atoms with Gasteiger partial charge in [-0.15, -0.1) is 0 Å². The Morgan fingerprint density at radius 2 is 1.96 bits per heavy atom. The Hall–Kier alpha value is -2.28. The first-order valence-corrected chi connectivity index (χ1v) is 9.87. The monoisotopic (exact) mass is 389 g/mol. The number of ether oxygens (including phenoxy) is 2. The van der Waals surface area contributed by atoms with Gasteiger partial charge in [0.1, 0.15) is 5.75 Å². The summed E-state index contributed by atoms with van der Waals surface area (Å²) in [7, 11) is 3.35. The number of likely N-dealkylation sites (tertiary alicyclic amines) is 2. The molecule has 1 unspecified atom stereocenters. The standard InChI is InChI=1S/C21H31N3O4/c1-16(25)24-13-18(14-27-2)21(15-24)7-9-23(10-8-21)20(26)22-12-17-5-4-6-19(11-17)28-3/h4-6,11,18H,7-10,12-15H2,1-3H3,(H,22,26). The average Bonchev–Trinajstić information content (AvgIpc) is 3.05. The minimum atomic E-state index is -0.0395. The van der Waals surface area contributed by atoms with Crippen molar-refractivity contribution >= 4 is 11.9 Å². The zero-order valence-corrected chi connectivity index (χ0v) is 17.1. The summed E-state index contributed by atoms with van der Waals surface area (Å²) in [4.78, 5) is 28.3. The molecule has 2 fully saturated rings. The minimum Gasteiger partial charge on any atom is -0.497 e. The van der Waals surface area contributed by atoms with Gasteiger partial charge in [-0.2, -0.15) is 0 Å². The number of amides is 3. The molecule has 0 radical (unpaired) electrons. The Kier molecular flexibility index (Phi) is 6.44. The van der Waals surface area contributed by atoms with Gasteiger partial charge in [0.25, 0.3) is 0 Å². The Morgan fingerprint density at radius 3 is 2.61 bits per heavy atom. The maximum atomic E-state index is 12.6. The van der Waals surface area contributed by atoms with Crippen LogP contribution in [0.15, 0.2) is 24.3 Å². The van der Waals surface area contributed by atoms with Crippen molar-refractivity contribution in [3.63, 3.8) is 0 Å². The molecule has 3 rings (SSSR count). The summed E-state index contributed by atoms with van der Waals surface area (Å²) in [6, 6.07) is 7.66. The molecule has 2 heterocycles. The summed E-state index contributed by atoms with van der Waals surface area (Å²) < 4.78 is 10.6. The lowest BCUT2D eigenvalue weighted by Crippen LogP contribution is -2.50. The maximum absolute atomic E-state index is 12.6. The van der Waals surface area contributed by atoms with E-state index >= 15 is 0 Å². The van der Waals surface area contributed by atoms with Crippen molar-refractivity contribution in [3.05, 3.63) is 29.8 Å². The molecule has 2 aliphatic heterocycles. The zero-order chi connectivity index (χ0) is 20.1. The van der Waals surface area contributed by atoms with Gasteiger partial charge in [0.2, 0.25) is 5.91 Å². The van der Waals surface area contributed by atoms with Gasteiger partial charge < -0.3 is 24.6 Å². The summed E-state index contributed by atoms with van der Waals surface area (Å²) >= 11 is 0. The van der Waals surface area contributed by atoms with E-state index in [1.165, 1.54) is 0 Å². The van der Waals surface area contributed by atoms with Gasteiger partial charge in [-0.3, -0.25) is 4.79 Å². The molecule has 0 aliphatic carbocycles. The number of piperidine rings is 1. The van der Waals surface area contributed by atoms with E-state index in [0.717, 1.165) is 37.2 Å². The number of methoxy groups -OCH3 is 2. The third-order valence-corrected chi connectivity index (χ3v) is 6.25. The molecule has 2 aliphatic rings. The molecular weight excluding hydrogens is 358 g/mol. The predicted molar refractivity (Wildman–Crippen MR) is 106 cm³/mol. The molecule has 0 saturated carbocycles. The number of hydrogen-bond acceptors (Lipinski definition) is 4. The van der Waals surface area contributed by atoms with Crippen LogP contribution in [0.25, 0.3) is 0 Å². The third-order valence-electron chi connectivity index (χ3n) is 6.25. The summed E-state index contributed by atoms with van der Waals surface area (Å²) in [5.74, 6) is 1.24. The van der Waals surface area contributed by atoms with Crippen LogP contribution in [-0.2, 0) is 16.1 Å². The zero-order valence-electron chi connectivity index (χ0n) is 17.1. The van der Waals surface area contributed by atoms with Crippen molar-refractivity contribution < 1.29 is 19.1 Å². The van der Waals surface area contributed by atoms with Crippen molar-refractivity contribution in [1.82, 2.24) is 15.1 Å². The van der Waals surface area contributed by atoms with E-state index in [2.05, 4.69) is 5.32 Å². The van der Waals surface area contributed by atoms with Gasteiger partial charge >= 0.3 is 6.03 Å². The molecule has 1 atom stereocenters. The highest BCUT2D eigenvalue weighted by Crippen LogP contribution is 2.44. The molecule has 7 nitrogen and oxygen atoms in total. The topological polar surface area (TPSA) is 71.1 Å². The Labute approximate surface area is 167 Å². The smallest absolute Gasteiger partial charge is 0.317 e. The van der Waals surface area contributed by atoms with Crippen LogP contribution in [0.3, 0.4) is 0 Å². The van der Waals surface area contributed by atoms with E-state index < -0.39 is 0 Å². The number of nitrogens with one attached hydrogen (secondary N) is 1. The molecule has 0 bridgehead atoms. The fraction of sp³-hybridized carbons (Fsp3) is 0.619. The van der Waals surface area contributed by atoms with Crippen LogP contribution in [0, 0.1) is 11.3 Å². The first-order chi connectivity index (χ1) is 13.5. The number of carbonyl (C=O) groups excluding carboxylic acids is 2. The summed E-state index contributed by atoms with van der Waals surface area (Å²) in [6.07, 6.45) is 1.80. The average molecular weight is 389 g/mol. The molecule has 1 N–H and O–H groups in total. The van der Waals surface area contributed by atoms with Crippen molar-refractivity contribution in [2.75, 3.05) is 47.0 Å². The van der Waals surface area contributed by atoms with E-state index in [9.17, 15) is 9.59 Å². The first-order valence-electron chi connectivity index (χ1n) is 9.87. The van der Waals surface area contributed by atoms with E-state index in [1.54, 1.807) is 21.1 Å². The Balaban J connectivity index is 1.55. The number of carbonyl (C=O) groups is 2. The molecule has 3 amide bonds. The maximum Gasteiger partial charge on any atom is 0.317 e. The second-order valence-corrected chi connectivity index (χ2v) is 7.91. The molecule has 0 aromatic heterocycles. The molecule has 28 heavy (non-hydrogen) atoms. The van der Waals surface area contributed by atoms with Gasteiger partial charge in [-0.1, -0.05) is 12.1 Å². The van der Waals surface area contributed by atoms with E-state index in [4.69, 9.17) is 9.47 Å². The quantitative estimate of drug-likeness (QED) is 0.837. The highest BCUT2D eigenvalue weighted by atomic mass is 16.5. The highest BCUT2D eigenvalue weighted by molar-refractivity contribution is 5.75. The third kappa shape index (κ3) is 4.41. The highest BCUT2D eigenvalue weighted by Gasteiger charge is 2.49. The fourth-order valence-corrected chi connectivity index (χ4v) is 4.50. The second kappa shape index (κ2) is 8.82. The lowest BCUT2D eigenvalue weighted by atomic mass is 9.71. The van der Waals surface area contributed by atoms with Crippen LogP contribution >= 0.6 is 0 Å². The summed E-state index contributed by atoms with van der Waals surface area (Å²) in [5, 5.41) is 3.00. The second-order valence-electron chi connectivity index (χ2n) is 7.91. The van der Waals surface area contributed by atoms with Crippen LogP contribution in [0.1, 0.15) is 25.3 Å². The predicted octanol–water partition coefficient (Wildman–Crippen LogP) is 2.11. The lowest BCUT2D eigenvalue weighted by Gasteiger charge is -2.42. The summed E-state index contributed by atoms with van der Waals surface area (Å²) in [6.45, 7) is 5.70. The largest absolute Gasteiger partial charge is 0.497 e. The van der Waals surface area contributed by atoms with Crippen molar-refractivity contribution in [2.24, 2.45) is 11.3 Å². The van der Waals surface area contributed by atoms with Gasteiger partial charge in [-0.25, -0.2) is 4.79 Å². The van der Waals surface area contributed by atoms with Crippen LogP contribution in [0.2, 0.25) is 0 Å². The van der Waals surface area contributed by atoms with Crippen LogP contribution in [-0.4, -0.2) is 68.7 Å². The van der Waals surface area contributed by atoms with E-state index in [0.29, 0.717) is 32.2 Å².